The van der Waals surface area contributed by atoms with Gasteiger partial charge in [0.25, 0.3) is 0 Å². The molecular weight excluding hydrogens is 312 g/mol. The normalized spacial score (nSPS) is 10.8. The number of fused-ring (bicyclic) bond motifs is 1. The van der Waals surface area contributed by atoms with Crippen molar-refractivity contribution in [3.05, 3.63) is 21.8 Å². The van der Waals surface area contributed by atoms with Crippen LogP contribution in [0.5, 0.6) is 0 Å². The quantitative estimate of drug-likeness (QED) is 0.537. The molecule has 1 aromatic carbocycles. The predicted octanol–water partition coefficient (Wildman–Crippen LogP) is 0.768. The maximum Gasteiger partial charge on any atom is 0.489 e. The van der Waals surface area contributed by atoms with Gasteiger partial charge in [0, 0.05) is 8.27 Å². The summed E-state index contributed by atoms with van der Waals surface area (Å²) in [5, 5.41) is 20.0. The maximum atomic E-state index is 9.09. The molecule has 0 amide bonds. The molecule has 0 aliphatic carbocycles. The third-order valence-electron chi connectivity index (χ3n) is 1.93. The molecule has 0 saturated heterocycles. The molecular formula is C8H7BINO2S. The Morgan fingerprint density at radius 2 is 2.00 bits per heavy atom. The van der Waals surface area contributed by atoms with Crippen LogP contribution < -0.4 is 11.2 Å². The van der Waals surface area contributed by atoms with Crippen molar-refractivity contribution in [2.45, 2.75) is 0 Å². The van der Waals surface area contributed by atoms with Crippen LogP contribution in [0.15, 0.2) is 18.2 Å². The number of thiophene rings is 1. The number of rotatable bonds is 1. The molecule has 0 spiro atoms. The lowest BCUT2D eigenvalue weighted by atomic mass is 9.80. The molecule has 0 aliphatic rings. The monoisotopic (exact) mass is 319 g/mol. The third-order valence-corrected chi connectivity index (χ3v) is 3.79. The van der Waals surface area contributed by atoms with E-state index in [0.29, 0.717) is 5.46 Å². The van der Waals surface area contributed by atoms with Crippen LogP contribution in [-0.4, -0.2) is 17.2 Å². The van der Waals surface area contributed by atoms with Gasteiger partial charge in [-0.25, -0.2) is 0 Å². The van der Waals surface area contributed by atoms with E-state index in [2.05, 4.69) is 22.6 Å². The first-order valence-corrected chi connectivity index (χ1v) is 5.82. The summed E-state index contributed by atoms with van der Waals surface area (Å²) >= 11 is 3.52. The van der Waals surface area contributed by atoms with Crippen molar-refractivity contribution in [1.29, 1.82) is 0 Å². The third kappa shape index (κ3) is 1.74. The van der Waals surface area contributed by atoms with Gasteiger partial charge in [-0.2, -0.15) is 0 Å². The molecule has 0 aliphatic heterocycles. The van der Waals surface area contributed by atoms with Gasteiger partial charge in [0.2, 0.25) is 0 Å². The Labute approximate surface area is 98.8 Å². The second-order valence-electron chi connectivity index (χ2n) is 2.93. The van der Waals surface area contributed by atoms with Gasteiger partial charge in [-0.3, -0.25) is 0 Å². The van der Waals surface area contributed by atoms with E-state index in [4.69, 9.17) is 15.8 Å². The Morgan fingerprint density at radius 1 is 1.29 bits per heavy atom. The van der Waals surface area contributed by atoms with Crippen LogP contribution >= 0.6 is 33.9 Å². The summed E-state index contributed by atoms with van der Waals surface area (Å²) in [7, 11) is -1.42. The topological polar surface area (TPSA) is 66.5 Å². The molecule has 4 N–H and O–H groups in total. The van der Waals surface area contributed by atoms with E-state index in [-0.39, 0.29) is 0 Å². The highest BCUT2D eigenvalue weighted by Gasteiger charge is 2.16. The summed E-state index contributed by atoms with van der Waals surface area (Å²) in [6, 6.07) is 5.55. The van der Waals surface area contributed by atoms with Crippen LogP contribution in [0.2, 0.25) is 0 Å². The molecule has 0 atom stereocenters. The Hall–Kier alpha value is -0.305. The van der Waals surface area contributed by atoms with E-state index in [0.717, 1.165) is 18.7 Å². The minimum atomic E-state index is -1.42. The minimum Gasteiger partial charge on any atom is -0.423 e. The van der Waals surface area contributed by atoms with E-state index in [1.807, 2.05) is 12.1 Å². The van der Waals surface area contributed by atoms with Crippen molar-refractivity contribution in [3.8, 4) is 0 Å². The van der Waals surface area contributed by atoms with E-state index in [1.165, 1.54) is 11.3 Å². The summed E-state index contributed by atoms with van der Waals surface area (Å²) in [5.74, 6) is 0. The van der Waals surface area contributed by atoms with Crippen molar-refractivity contribution >= 4 is 61.6 Å². The van der Waals surface area contributed by atoms with Crippen molar-refractivity contribution < 1.29 is 10.0 Å². The predicted molar refractivity (Wildman–Crippen MR) is 68.8 cm³/mol. The average molecular weight is 319 g/mol. The van der Waals surface area contributed by atoms with Crippen molar-refractivity contribution in [1.82, 2.24) is 0 Å². The SMILES string of the molecule is Nc1cc2cc(I)c(B(O)O)cc2s1. The maximum absolute atomic E-state index is 9.09. The van der Waals surface area contributed by atoms with Gasteiger partial charge in [-0.1, -0.05) is 0 Å². The van der Waals surface area contributed by atoms with E-state index >= 15 is 0 Å². The first-order valence-electron chi connectivity index (χ1n) is 3.92. The highest BCUT2D eigenvalue weighted by atomic mass is 127. The molecule has 1 heterocycles. The van der Waals surface area contributed by atoms with Gasteiger partial charge < -0.3 is 15.8 Å². The molecule has 0 radical (unpaired) electrons. The second kappa shape index (κ2) is 3.69. The van der Waals surface area contributed by atoms with Crippen LogP contribution in [0.3, 0.4) is 0 Å². The molecule has 0 fully saturated rings. The van der Waals surface area contributed by atoms with Crippen LogP contribution in [0.25, 0.3) is 10.1 Å². The Kier molecular flexibility index (Phi) is 2.69. The lowest BCUT2D eigenvalue weighted by molar-refractivity contribution is 0.425. The summed E-state index contributed by atoms with van der Waals surface area (Å²) in [5.41, 5.74) is 6.19. The lowest BCUT2D eigenvalue weighted by Gasteiger charge is -2.02. The van der Waals surface area contributed by atoms with Crippen molar-refractivity contribution in [2.75, 3.05) is 5.73 Å². The first-order chi connectivity index (χ1) is 6.58. The van der Waals surface area contributed by atoms with Gasteiger partial charge in [-0.15, -0.1) is 11.3 Å². The van der Waals surface area contributed by atoms with Gasteiger partial charge in [0.05, 0.1) is 5.00 Å². The molecule has 0 saturated carbocycles. The Balaban J connectivity index is 2.70. The van der Waals surface area contributed by atoms with Crippen molar-refractivity contribution in [2.24, 2.45) is 0 Å². The minimum absolute atomic E-state index is 0.528. The summed E-state index contributed by atoms with van der Waals surface area (Å²) in [4.78, 5) is 0. The standard InChI is InChI=1S/C8H7BINO2S/c10-6-1-4-2-8(11)14-7(4)3-5(6)9(12)13/h1-3,12-13H,11H2. The number of anilines is 1. The number of nitrogens with two attached hydrogens (primary N) is 1. The molecule has 14 heavy (non-hydrogen) atoms. The number of nitrogen functional groups attached to an aromatic ring is 1. The van der Waals surface area contributed by atoms with E-state index in [9.17, 15) is 0 Å². The number of halogens is 1. The zero-order chi connectivity index (χ0) is 10.3. The molecule has 0 bridgehead atoms. The van der Waals surface area contributed by atoms with Gasteiger partial charge in [0.15, 0.2) is 0 Å². The molecule has 72 valence electrons. The molecule has 0 unspecified atom stereocenters. The fourth-order valence-corrected chi connectivity index (χ4v) is 2.92. The van der Waals surface area contributed by atoms with Gasteiger partial charge in [0.1, 0.15) is 0 Å². The van der Waals surface area contributed by atoms with Crippen LogP contribution in [0.4, 0.5) is 5.00 Å². The van der Waals surface area contributed by atoms with Gasteiger partial charge in [-0.05, 0) is 51.6 Å². The van der Waals surface area contributed by atoms with Crippen LogP contribution in [-0.2, 0) is 0 Å². The Bertz CT molecular complexity index is 485. The molecule has 3 nitrogen and oxygen atoms in total. The molecule has 2 rings (SSSR count). The Morgan fingerprint density at radius 3 is 2.64 bits per heavy atom. The molecule has 2 aromatic rings. The van der Waals surface area contributed by atoms with Gasteiger partial charge >= 0.3 is 7.12 Å². The second-order valence-corrected chi connectivity index (χ2v) is 5.21. The summed E-state index contributed by atoms with van der Waals surface area (Å²) in [6.45, 7) is 0. The number of hydrogen-bond acceptors (Lipinski definition) is 4. The molecule has 6 heteroatoms. The smallest absolute Gasteiger partial charge is 0.423 e. The zero-order valence-corrected chi connectivity index (χ0v) is 10.0. The highest BCUT2D eigenvalue weighted by Crippen LogP contribution is 2.27. The summed E-state index contributed by atoms with van der Waals surface area (Å²) in [6.07, 6.45) is 0. The van der Waals surface area contributed by atoms with Crippen LogP contribution in [0, 0.1) is 3.57 Å². The van der Waals surface area contributed by atoms with E-state index < -0.39 is 7.12 Å². The van der Waals surface area contributed by atoms with Crippen molar-refractivity contribution in [3.63, 3.8) is 0 Å². The number of hydrogen-bond donors (Lipinski definition) is 3. The van der Waals surface area contributed by atoms with E-state index in [1.54, 1.807) is 6.07 Å². The zero-order valence-electron chi connectivity index (χ0n) is 7.07. The largest absolute Gasteiger partial charge is 0.489 e. The molecule has 1 aromatic heterocycles. The fraction of sp³-hybridized carbons (Fsp3) is 0. The average Bonchev–Trinajstić information content (AvgIpc) is 2.42. The summed E-state index contributed by atoms with van der Waals surface area (Å²) < 4.78 is 1.81. The highest BCUT2D eigenvalue weighted by molar-refractivity contribution is 14.1. The number of benzene rings is 1. The lowest BCUT2D eigenvalue weighted by Crippen LogP contribution is -2.32. The first kappa shape index (κ1) is 10.2. The fourth-order valence-electron chi connectivity index (χ4n) is 1.29. The van der Waals surface area contributed by atoms with Crippen LogP contribution in [0.1, 0.15) is 0 Å².